The maximum Gasteiger partial charge on any atom is 0.305 e. The standard InChI is InChI=1S/C24H40O5/c1-3-14-24(15-9-16-24)22(27)12-8-11-19-18(20(25)17-21(19)26)10-6-4-5-7-13-23(28)29-2/h8,11,18-19,21-22,26-27H,3-7,9-10,12-17H2,1-2H3/t18-,19-,21?,22+/m1/s1. The fraction of sp³-hybridized carbons (Fsp3) is 0.833. The van der Waals surface area contributed by atoms with E-state index in [4.69, 9.17) is 0 Å². The lowest BCUT2D eigenvalue weighted by Gasteiger charge is -2.45. The van der Waals surface area contributed by atoms with E-state index in [1.165, 1.54) is 13.5 Å². The van der Waals surface area contributed by atoms with Crippen molar-refractivity contribution < 1.29 is 24.5 Å². The second-order valence-corrected chi connectivity index (χ2v) is 9.10. The van der Waals surface area contributed by atoms with E-state index in [9.17, 15) is 19.8 Å². The van der Waals surface area contributed by atoms with Gasteiger partial charge < -0.3 is 14.9 Å². The molecule has 0 aliphatic heterocycles. The second-order valence-electron chi connectivity index (χ2n) is 9.10. The van der Waals surface area contributed by atoms with Crippen LogP contribution in [0.25, 0.3) is 0 Å². The summed E-state index contributed by atoms with van der Waals surface area (Å²) in [7, 11) is 1.40. The maximum absolute atomic E-state index is 12.3. The number of unbranched alkanes of at least 4 members (excludes halogenated alkanes) is 3. The lowest BCUT2D eigenvalue weighted by Crippen LogP contribution is -2.41. The lowest BCUT2D eigenvalue weighted by molar-refractivity contribution is -0.140. The van der Waals surface area contributed by atoms with Gasteiger partial charge in [-0.05, 0) is 43.9 Å². The summed E-state index contributed by atoms with van der Waals surface area (Å²) in [5, 5.41) is 21.0. The first-order chi connectivity index (χ1) is 13.9. The van der Waals surface area contributed by atoms with E-state index in [-0.39, 0.29) is 41.5 Å². The SMILES string of the molecule is CCCC1([C@@H](O)CC=C[C@H]2C(O)CC(=O)[C@@H]2CCCCCCC(=O)OC)CCC1. The van der Waals surface area contributed by atoms with Gasteiger partial charge in [0.05, 0.1) is 19.3 Å². The first kappa shape index (κ1) is 24.1. The molecule has 0 aromatic carbocycles. The monoisotopic (exact) mass is 408 g/mol. The zero-order chi connectivity index (χ0) is 21.3. The molecule has 0 spiro atoms. The number of Topliss-reactive ketones (excluding diaryl/α,β-unsaturated/α-hetero) is 1. The summed E-state index contributed by atoms with van der Waals surface area (Å²) in [6.07, 6.45) is 14.4. The molecule has 5 heteroatoms. The minimum Gasteiger partial charge on any atom is -0.469 e. The Bertz CT molecular complexity index is 551. The molecule has 2 aliphatic carbocycles. The van der Waals surface area contributed by atoms with Crippen molar-refractivity contribution in [2.24, 2.45) is 17.3 Å². The predicted molar refractivity (Wildman–Crippen MR) is 113 cm³/mol. The molecular formula is C24H40O5. The third kappa shape index (κ3) is 6.65. The topological polar surface area (TPSA) is 83.8 Å². The molecule has 0 heterocycles. The van der Waals surface area contributed by atoms with Crippen LogP contribution in [-0.4, -0.2) is 41.3 Å². The Morgan fingerprint density at radius 3 is 2.62 bits per heavy atom. The van der Waals surface area contributed by atoms with Gasteiger partial charge in [0, 0.05) is 24.7 Å². The van der Waals surface area contributed by atoms with Crippen molar-refractivity contribution in [1.82, 2.24) is 0 Å². The summed E-state index contributed by atoms with van der Waals surface area (Å²) < 4.78 is 4.64. The van der Waals surface area contributed by atoms with E-state index < -0.39 is 6.10 Å². The van der Waals surface area contributed by atoms with E-state index in [0.717, 1.165) is 57.8 Å². The highest BCUT2D eigenvalue weighted by atomic mass is 16.5. The Morgan fingerprint density at radius 2 is 2.00 bits per heavy atom. The number of hydrogen-bond acceptors (Lipinski definition) is 5. The molecule has 4 atom stereocenters. The first-order valence-corrected chi connectivity index (χ1v) is 11.6. The van der Waals surface area contributed by atoms with Gasteiger partial charge in [0.1, 0.15) is 5.78 Å². The van der Waals surface area contributed by atoms with Crippen molar-refractivity contribution in [3.63, 3.8) is 0 Å². The van der Waals surface area contributed by atoms with Crippen LogP contribution >= 0.6 is 0 Å². The summed E-state index contributed by atoms with van der Waals surface area (Å²) in [6, 6.07) is 0. The predicted octanol–water partition coefficient (Wildman–Crippen LogP) is 4.34. The average Bonchev–Trinajstić information content (AvgIpc) is 2.93. The Morgan fingerprint density at radius 1 is 1.28 bits per heavy atom. The van der Waals surface area contributed by atoms with E-state index in [2.05, 4.69) is 11.7 Å². The number of aliphatic hydroxyl groups is 2. The Balaban J connectivity index is 1.77. The number of esters is 1. The van der Waals surface area contributed by atoms with Crippen molar-refractivity contribution >= 4 is 11.8 Å². The first-order valence-electron chi connectivity index (χ1n) is 11.6. The molecule has 0 bridgehead atoms. The average molecular weight is 409 g/mol. The third-order valence-corrected chi connectivity index (χ3v) is 7.13. The molecule has 2 fully saturated rings. The highest BCUT2D eigenvalue weighted by Crippen LogP contribution is 2.48. The molecule has 166 valence electrons. The molecule has 1 unspecified atom stereocenters. The van der Waals surface area contributed by atoms with Crippen LogP contribution in [0.4, 0.5) is 0 Å². The largest absolute Gasteiger partial charge is 0.469 e. The van der Waals surface area contributed by atoms with Crippen LogP contribution in [0.5, 0.6) is 0 Å². The lowest BCUT2D eigenvalue weighted by atomic mass is 9.62. The van der Waals surface area contributed by atoms with Crippen LogP contribution in [0.3, 0.4) is 0 Å². The van der Waals surface area contributed by atoms with E-state index in [1.807, 2.05) is 12.2 Å². The number of ether oxygens (including phenoxy) is 1. The van der Waals surface area contributed by atoms with Crippen molar-refractivity contribution in [3.8, 4) is 0 Å². The van der Waals surface area contributed by atoms with Gasteiger partial charge in [-0.25, -0.2) is 0 Å². The number of ketones is 1. The fourth-order valence-corrected chi connectivity index (χ4v) is 5.17. The van der Waals surface area contributed by atoms with Gasteiger partial charge in [-0.2, -0.15) is 0 Å². The number of rotatable bonds is 13. The van der Waals surface area contributed by atoms with Crippen molar-refractivity contribution in [1.29, 1.82) is 0 Å². The van der Waals surface area contributed by atoms with Gasteiger partial charge in [0.2, 0.25) is 0 Å². The van der Waals surface area contributed by atoms with E-state index >= 15 is 0 Å². The zero-order valence-electron chi connectivity index (χ0n) is 18.3. The number of methoxy groups -OCH3 is 1. The van der Waals surface area contributed by atoms with Crippen molar-refractivity contribution in [2.75, 3.05) is 7.11 Å². The molecule has 2 rings (SSSR count). The normalized spacial score (nSPS) is 27.2. The van der Waals surface area contributed by atoms with Crippen LogP contribution in [0, 0.1) is 17.3 Å². The van der Waals surface area contributed by atoms with Gasteiger partial charge >= 0.3 is 5.97 Å². The molecule has 29 heavy (non-hydrogen) atoms. The molecule has 0 aromatic rings. The van der Waals surface area contributed by atoms with E-state index in [0.29, 0.717) is 12.8 Å². The summed E-state index contributed by atoms with van der Waals surface area (Å²) in [5.41, 5.74) is 0.0901. The highest BCUT2D eigenvalue weighted by molar-refractivity contribution is 5.84. The van der Waals surface area contributed by atoms with Crippen molar-refractivity contribution in [2.45, 2.75) is 103 Å². The highest BCUT2D eigenvalue weighted by Gasteiger charge is 2.42. The van der Waals surface area contributed by atoms with Crippen LogP contribution in [0.15, 0.2) is 12.2 Å². The van der Waals surface area contributed by atoms with Gasteiger partial charge in [0.25, 0.3) is 0 Å². The van der Waals surface area contributed by atoms with Gasteiger partial charge in [-0.3, -0.25) is 9.59 Å². The number of aliphatic hydroxyl groups excluding tert-OH is 2. The smallest absolute Gasteiger partial charge is 0.305 e. The molecule has 2 aliphatic rings. The minimum absolute atomic E-state index is 0.0901. The molecule has 0 amide bonds. The Hall–Kier alpha value is -1.20. The Labute approximate surface area is 175 Å². The molecule has 2 saturated carbocycles. The summed E-state index contributed by atoms with van der Waals surface area (Å²) in [5.74, 6) is -0.265. The molecule has 0 aromatic heterocycles. The molecule has 5 nitrogen and oxygen atoms in total. The minimum atomic E-state index is -0.603. The van der Waals surface area contributed by atoms with Crippen LogP contribution in [0.2, 0.25) is 0 Å². The van der Waals surface area contributed by atoms with Crippen LogP contribution in [-0.2, 0) is 14.3 Å². The second kappa shape index (κ2) is 11.8. The summed E-state index contributed by atoms with van der Waals surface area (Å²) in [4.78, 5) is 23.5. The third-order valence-electron chi connectivity index (χ3n) is 7.13. The van der Waals surface area contributed by atoms with Gasteiger partial charge in [-0.1, -0.05) is 51.2 Å². The number of hydrogen-bond donors (Lipinski definition) is 2. The number of carbonyl (C=O) groups is 2. The molecule has 0 radical (unpaired) electrons. The zero-order valence-corrected chi connectivity index (χ0v) is 18.3. The molecule has 2 N–H and O–H groups in total. The van der Waals surface area contributed by atoms with Crippen LogP contribution in [0.1, 0.15) is 90.4 Å². The quantitative estimate of drug-likeness (QED) is 0.269. The number of carbonyl (C=O) groups excluding carboxylic acids is 2. The van der Waals surface area contributed by atoms with Crippen molar-refractivity contribution in [3.05, 3.63) is 12.2 Å². The van der Waals surface area contributed by atoms with E-state index in [1.54, 1.807) is 0 Å². The molecular weight excluding hydrogens is 368 g/mol. The van der Waals surface area contributed by atoms with Gasteiger partial charge in [0.15, 0.2) is 0 Å². The summed E-state index contributed by atoms with van der Waals surface area (Å²) >= 11 is 0. The molecule has 0 saturated heterocycles. The van der Waals surface area contributed by atoms with Crippen LogP contribution < -0.4 is 0 Å². The Kier molecular flexibility index (Phi) is 9.84. The fourth-order valence-electron chi connectivity index (χ4n) is 5.17. The maximum atomic E-state index is 12.3. The summed E-state index contributed by atoms with van der Waals surface area (Å²) in [6.45, 7) is 2.17. The van der Waals surface area contributed by atoms with Gasteiger partial charge in [-0.15, -0.1) is 0 Å².